The highest BCUT2D eigenvalue weighted by Crippen LogP contribution is 2.48. The Morgan fingerprint density at radius 1 is 1.31 bits per heavy atom. The number of carbonyl (C=O) groups is 2. The monoisotopic (exact) mass is 391 g/mol. The number of carbonyl (C=O) groups excluding carboxylic acids is 2. The first-order valence-corrected chi connectivity index (χ1v) is 9.68. The first kappa shape index (κ1) is 19.3. The predicted molar refractivity (Wildman–Crippen MR) is 106 cm³/mol. The van der Waals surface area contributed by atoms with Crippen LogP contribution in [0.5, 0.6) is 0 Å². The highest BCUT2D eigenvalue weighted by molar-refractivity contribution is 6.04. The Morgan fingerprint density at radius 2 is 2.07 bits per heavy atom. The zero-order valence-electron chi connectivity index (χ0n) is 16.8. The molecule has 2 aliphatic rings. The van der Waals surface area contributed by atoms with Gasteiger partial charge in [-0.3, -0.25) is 14.6 Å². The minimum absolute atomic E-state index is 0.125. The number of hydrogen-bond acceptors (Lipinski definition) is 4. The molecule has 1 aromatic carbocycles. The normalized spacial score (nSPS) is 23.3. The Bertz CT molecular complexity index is 1130. The van der Waals surface area contributed by atoms with Gasteiger partial charge in [-0.1, -0.05) is 19.9 Å². The fraction of sp³-hybridized carbons (Fsp3) is 0.391. The van der Waals surface area contributed by atoms with E-state index in [9.17, 15) is 19.2 Å². The standard InChI is InChI=1S/C23H22FN3O2/c1-14-18(8-15-4-5-17(24)9-19(15)26-14)21(29)27-7-6-23(13-27)10-16(11-25)20(28)22(2,3)12-23/h4-5,8-10H,6-7,12-13H2,1-3H3/t23-/m1/s1. The van der Waals surface area contributed by atoms with Crippen molar-refractivity contribution in [2.45, 2.75) is 33.6 Å². The molecule has 29 heavy (non-hydrogen) atoms. The fourth-order valence-electron chi connectivity index (χ4n) is 4.79. The second-order valence-electron chi connectivity index (χ2n) is 8.86. The number of nitriles is 1. The van der Waals surface area contributed by atoms with Crippen LogP contribution in [0.1, 0.15) is 42.7 Å². The van der Waals surface area contributed by atoms with Crippen LogP contribution < -0.4 is 0 Å². The number of hydrogen-bond donors (Lipinski definition) is 0. The van der Waals surface area contributed by atoms with Crippen molar-refractivity contribution in [2.75, 3.05) is 13.1 Å². The number of rotatable bonds is 1. The number of ketones is 1. The highest BCUT2D eigenvalue weighted by atomic mass is 19.1. The van der Waals surface area contributed by atoms with Gasteiger partial charge in [0.15, 0.2) is 5.78 Å². The van der Waals surface area contributed by atoms with E-state index in [1.165, 1.54) is 12.1 Å². The van der Waals surface area contributed by atoms with Crippen LogP contribution in [-0.2, 0) is 4.79 Å². The lowest BCUT2D eigenvalue weighted by atomic mass is 9.64. The zero-order chi connectivity index (χ0) is 21.0. The molecule has 0 bridgehead atoms. The zero-order valence-corrected chi connectivity index (χ0v) is 16.8. The molecule has 1 spiro atoms. The predicted octanol–water partition coefficient (Wildman–Crippen LogP) is 3.96. The lowest BCUT2D eigenvalue weighted by molar-refractivity contribution is -0.125. The lowest BCUT2D eigenvalue weighted by Gasteiger charge is -2.38. The van der Waals surface area contributed by atoms with Crippen LogP contribution in [0, 0.1) is 34.9 Å². The van der Waals surface area contributed by atoms with E-state index in [0.29, 0.717) is 48.1 Å². The number of fused-ring (bicyclic) bond motifs is 1. The average molecular weight is 391 g/mol. The second-order valence-corrected chi connectivity index (χ2v) is 8.86. The van der Waals surface area contributed by atoms with Gasteiger partial charge in [0.2, 0.25) is 0 Å². The highest BCUT2D eigenvalue weighted by Gasteiger charge is 2.49. The van der Waals surface area contributed by atoms with Gasteiger partial charge in [-0.05, 0) is 38.0 Å². The molecule has 1 fully saturated rings. The maximum absolute atomic E-state index is 13.5. The number of nitrogens with zero attached hydrogens (tertiary/aromatic N) is 3. The minimum atomic E-state index is -0.622. The van der Waals surface area contributed by atoms with Gasteiger partial charge in [-0.25, -0.2) is 4.39 Å². The van der Waals surface area contributed by atoms with Crippen molar-refractivity contribution in [3.8, 4) is 6.07 Å². The van der Waals surface area contributed by atoms with Crippen LogP contribution in [0.4, 0.5) is 4.39 Å². The van der Waals surface area contributed by atoms with Gasteiger partial charge in [-0.2, -0.15) is 5.26 Å². The molecular formula is C23H22FN3O2. The summed E-state index contributed by atoms with van der Waals surface area (Å²) in [4.78, 5) is 31.9. The number of halogens is 1. The van der Waals surface area contributed by atoms with Crippen molar-refractivity contribution in [1.82, 2.24) is 9.88 Å². The molecule has 2 aromatic rings. The molecule has 5 nitrogen and oxygen atoms in total. The Kier molecular flexibility index (Phi) is 4.30. The molecule has 1 atom stereocenters. The molecule has 6 heteroatoms. The third kappa shape index (κ3) is 3.21. The summed E-state index contributed by atoms with van der Waals surface area (Å²) in [6.45, 7) is 6.50. The molecule has 2 heterocycles. The number of pyridine rings is 1. The van der Waals surface area contributed by atoms with Crippen LogP contribution in [0.15, 0.2) is 35.9 Å². The van der Waals surface area contributed by atoms with Crippen molar-refractivity contribution in [3.63, 3.8) is 0 Å². The minimum Gasteiger partial charge on any atom is -0.338 e. The molecular weight excluding hydrogens is 369 g/mol. The Labute approximate surface area is 168 Å². The Balaban J connectivity index is 1.65. The number of aryl methyl sites for hydroxylation is 1. The van der Waals surface area contributed by atoms with Gasteiger partial charge < -0.3 is 4.90 Å². The molecule has 1 aliphatic carbocycles. The number of aromatic nitrogens is 1. The van der Waals surface area contributed by atoms with E-state index in [0.717, 1.165) is 0 Å². The molecule has 1 aliphatic heterocycles. The number of allylic oxidation sites excluding steroid dienone is 1. The molecule has 1 amide bonds. The second kappa shape index (κ2) is 6.48. The van der Waals surface area contributed by atoms with Gasteiger partial charge in [0.05, 0.1) is 22.3 Å². The summed E-state index contributed by atoms with van der Waals surface area (Å²) in [5, 5.41) is 10.1. The van der Waals surface area contributed by atoms with E-state index in [4.69, 9.17) is 0 Å². The van der Waals surface area contributed by atoms with E-state index in [1.807, 2.05) is 19.9 Å². The van der Waals surface area contributed by atoms with Gasteiger partial charge in [0.1, 0.15) is 11.9 Å². The topological polar surface area (TPSA) is 74.1 Å². The summed E-state index contributed by atoms with van der Waals surface area (Å²) < 4.78 is 13.5. The first-order chi connectivity index (χ1) is 13.6. The summed E-state index contributed by atoms with van der Waals surface area (Å²) in [5.41, 5.74) is 0.786. The van der Waals surface area contributed by atoms with Gasteiger partial charge in [0, 0.05) is 35.4 Å². The Hall–Kier alpha value is -3.07. The van der Waals surface area contributed by atoms with E-state index in [1.54, 1.807) is 30.0 Å². The van der Waals surface area contributed by atoms with Crippen LogP contribution in [0.25, 0.3) is 10.9 Å². The molecule has 148 valence electrons. The molecule has 1 aromatic heterocycles. The van der Waals surface area contributed by atoms with Crippen LogP contribution in [0.3, 0.4) is 0 Å². The van der Waals surface area contributed by atoms with Gasteiger partial charge in [-0.15, -0.1) is 0 Å². The molecule has 0 radical (unpaired) electrons. The molecule has 4 rings (SSSR count). The number of amides is 1. The molecule has 0 unspecified atom stereocenters. The maximum Gasteiger partial charge on any atom is 0.255 e. The summed E-state index contributed by atoms with van der Waals surface area (Å²) in [6.07, 6.45) is 3.11. The SMILES string of the molecule is Cc1nc2cc(F)ccc2cc1C(=O)N1CC[C@]2(C=C(C#N)C(=O)C(C)(C)C2)C1. The number of Topliss-reactive ketones (excluding diaryl/α,β-unsaturated/α-hetero) is 1. The largest absolute Gasteiger partial charge is 0.338 e. The molecule has 1 saturated heterocycles. The first-order valence-electron chi connectivity index (χ1n) is 9.68. The van der Waals surface area contributed by atoms with Crippen LogP contribution in [0.2, 0.25) is 0 Å². The van der Waals surface area contributed by atoms with Crippen molar-refractivity contribution < 1.29 is 14.0 Å². The van der Waals surface area contributed by atoms with E-state index < -0.39 is 5.41 Å². The van der Waals surface area contributed by atoms with Gasteiger partial charge in [0.25, 0.3) is 5.91 Å². The smallest absolute Gasteiger partial charge is 0.255 e. The molecule has 0 N–H and O–H groups in total. The quantitative estimate of drug-likeness (QED) is 0.737. The van der Waals surface area contributed by atoms with Gasteiger partial charge >= 0.3 is 0 Å². The third-order valence-electron chi connectivity index (χ3n) is 6.10. The van der Waals surface area contributed by atoms with Crippen LogP contribution in [-0.4, -0.2) is 34.7 Å². The molecule has 0 saturated carbocycles. The number of likely N-dealkylation sites (tertiary alicyclic amines) is 1. The van der Waals surface area contributed by atoms with E-state index in [-0.39, 0.29) is 28.5 Å². The number of benzene rings is 1. The summed E-state index contributed by atoms with van der Waals surface area (Å²) in [5.74, 6) is -0.614. The fourth-order valence-corrected chi connectivity index (χ4v) is 4.79. The average Bonchev–Trinajstić information content (AvgIpc) is 3.06. The van der Waals surface area contributed by atoms with Crippen molar-refractivity contribution in [2.24, 2.45) is 10.8 Å². The van der Waals surface area contributed by atoms with E-state index >= 15 is 0 Å². The van der Waals surface area contributed by atoms with Crippen molar-refractivity contribution in [1.29, 1.82) is 5.26 Å². The third-order valence-corrected chi connectivity index (χ3v) is 6.10. The van der Waals surface area contributed by atoms with Crippen molar-refractivity contribution >= 4 is 22.6 Å². The Morgan fingerprint density at radius 3 is 2.79 bits per heavy atom. The summed E-state index contributed by atoms with van der Waals surface area (Å²) >= 11 is 0. The summed E-state index contributed by atoms with van der Waals surface area (Å²) in [7, 11) is 0. The summed E-state index contributed by atoms with van der Waals surface area (Å²) in [6, 6.07) is 8.13. The maximum atomic E-state index is 13.5. The van der Waals surface area contributed by atoms with Crippen LogP contribution >= 0.6 is 0 Å². The van der Waals surface area contributed by atoms with E-state index in [2.05, 4.69) is 4.98 Å². The van der Waals surface area contributed by atoms with Crippen molar-refractivity contribution in [3.05, 3.63) is 53.0 Å². The lowest BCUT2D eigenvalue weighted by Crippen LogP contribution is -2.40.